The molecule has 12 heteroatoms. The molecule has 2 aromatic heterocycles. The molecule has 0 bridgehead atoms. The number of aliphatic hydroxyl groups excluding tert-OH is 1. The average molecular weight is 544 g/mol. The van der Waals surface area contributed by atoms with Gasteiger partial charge in [0.1, 0.15) is 6.04 Å². The van der Waals surface area contributed by atoms with Crippen LogP contribution in [0.3, 0.4) is 0 Å². The zero-order chi connectivity index (χ0) is 27.4. The molecule has 1 fully saturated rings. The van der Waals surface area contributed by atoms with Gasteiger partial charge >= 0.3 is 21.1 Å². The Morgan fingerprint density at radius 2 is 1.89 bits per heavy atom. The van der Waals surface area contributed by atoms with Gasteiger partial charge < -0.3 is 20.9 Å². The summed E-state index contributed by atoms with van der Waals surface area (Å²) in [7, 11) is -4.14. The minimum absolute atomic E-state index is 0.0908. The molecule has 0 radical (unpaired) electrons. The summed E-state index contributed by atoms with van der Waals surface area (Å²) in [6.07, 6.45) is 2.61. The van der Waals surface area contributed by atoms with Crippen molar-refractivity contribution >= 4 is 32.9 Å². The quantitative estimate of drug-likeness (QED) is 0.304. The van der Waals surface area contributed by atoms with Crippen LogP contribution in [-0.4, -0.2) is 65.6 Å². The second kappa shape index (κ2) is 11.5. The number of hydrogen-bond acceptors (Lipinski definition) is 6. The first kappa shape index (κ1) is 27.6. The lowest BCUT2D eigenvalue weighted by atomic mass is 10.0. The number of β-amino-alcohol motifs (C(OH)–C–C–N with tert-alkyl or cyclic N) is 1. The highest BCUT2D eigenvalue weighted by atomic mass is 32.2. The third-order valence-corrected chi connectivity index (χ3v) is 8.49. The number of benzene rings is 1. The van der Waals surface area contributed by atoms with Gasteiger partial charge in [0, 0.05) is 36.8 Å². The van der Waals surface area contributed by atoms with E-state index in [1.165, 1.54) is 22.8 Å². The van der Waals surface area contributed by atoms with Crippen molar-refractivity contribution in [1.29, 1.82) is 0 Å². The molecule has 0 saturated carbocycles. The van der Waals surface area contributed by atoms with Crippen molar-refractivity contribution in [1.82, 2.24) is 19.5 Å². The number of nitrogens with zero attached hydrogens (tertiary/aromatic N) is 3. The maximum absolute atomic E-state index is 13.3. The molecule has 0 aliphatic carbocycles. The molecule has 0 spiro atoms. The van der Waals surface area contributed by atoms with E-state index in [-0.39, 0.29) is 23.7 Å². The standard InChI is InChI=1S/C26H33N5O6S/c1-18(2)16-21(28-26(34)30-15-12-19-8-3-4-10-22(19)30)25(33)27-20-9-7-13-29(17-23(20)32)38(36,37)24-11-5-6-14-31(24)35/h3-6,8,10-12,14-15,18,20-21,23,32H,7,9,13,16-17H2,1-2H3,(H,27,33)(H,28,34)/t20?,21?,23-/m0/s1. The van der Waals surface area contributed by atoms with E-state index in [2.05, 4.69) is 10.6 Å². The molecule has 3 heterocycles. The number of aromatic nitrogens is 2. The molecule has 38 heavy (non-hydrogen) atoms. The molecule has 1 aliphatic rings. The second-order valence-corrected chi connectivity index (χ2v) is 11.8. The summed E-state index contributed by atoms with van der Waals surface area (Å²) in [4.78, 5) is 26.4. The van der Waals surface area contributed by atoms with Crippen LogP contribution >= 0.6 is 0 Å². The van der Waals surface area contributed by atoms with Crippen LogP contribution in [0, 0.1) is 11.1 Å². The van der Waals surface area contributed by atoms with Crippen LogP contribution in [0.2, 0.25) is 0 Å². The van der Waals surface area contributed by atoms with Gasteiger partial charge in [-0.15, -0.1) is 0 Å². The second-order valence-electron chi connectivity index (χ2n) is 9.93. The number of carbonyl (C=O) groups excluding carboxylic acids is 2. The van der Waals surface area contributed by atoms with Gasteiger partial charge in [-0.1, -0.05) is 32.0 Å². The molecule has 3 N–H and O–H groups in total. The summed E-state index contributed by atoms with van der Waals surface area (Å²) >= 11 is 0. The average Bonchev–Trinajstić information content (AvgIpc) is 3.22. The van der Waals surface area contributed by atoms with Crippen LogP contribution in [0.4, 0.5) is 4.79 Å². The number of hydrogen-bond donors (Lipinski definition) is 3. The van der Waals surface area contributed by atoms with E-state index in [9.17, 15) is 28.3 Å². The molecule has 2 amide bonds. The van der Waals surface area contributed by atoms with Gasteiger partial charge in [-0.05, 0) is 43.4 Å². The third kappa shape index (κ3) is 5.98. The van der Waals surface area contributed by atoms with Gasteiger partial charge in [0.25, 0.3) is 0 Å². The first-order valence-corrected chi connectivity index (χ1v) is 14.1. The van der Waals surface area contributed by atoms with Gasteiger partial charge in [0.15, 0.2) is 6.20 Å². The molecule has 2 unspecified atom stereocenters. The Bertz CT molecular complexity index is 1410. The fourth-order valence-corrected chi connectivity index (χ4v) is 6.23. The predicted octanol–water partition coefficient (Wildman–Crippen LogP) is 1.58. The van der Waals surface area contributed by atoms with Crippen LogP contribution in [0.1, 0.15) is 33.1 Å². The predicted molar refractivity (Wildman–Crippen MR) is 140 cm³/mol. The number of amides is 2. The summed E-state index contributed by atoms with van der Waals surface area (Å²) in [5.41, 5.74) is 0.715. The van der Waals surface area contributed by atoms with E-state index < -0.39 is 45.2 Å². The minimum Gasteiger partial charge on any atom is -0.618 e. The maximum atomic E-state index is 13.3. The van der Waals surface area contributed by atoms with Crippen LogP contribution in [0.15, 0.2) is 66.0 Å². The molecule has 3 atom stereocenters. The molecule has 204 valence electrons. The number of rotatable bonds is 7. The monoisotopic (exact) mass is 543 g/mol. The van der Waals surface area contributed by atoms with Crippen LogP contribution < -0.4 is 15.4 Å². The Morgan fingerprint density at radius 1 is 1.16 bits per heavy atom. The highest BCUT2D eigenvalue weighted by Gasteiger charge is 2.37. The topological polar surface area (TPSA) is 148 Å². The van der Waals surface area contributed by atoms with Gasteiger partial charge in [-0.2, -0.15) is 9.04 Å². The van der Waals surface area contributed by atoms with Crippen LogP contribution in [-0.2, 0) is 14.8 Å². The lowest BCUT2D eigenvalue weighted by Crippen LogP contribution is -2.54. The Balaban J connectivity index is 1.46. The van der Waals surface area contributed by atoms with Gasteiger partial charge in [-0.3, -0.25) is 9.36 Å². The molecule has 1 aromatic carbocycles. The Hall–Kier alpha value is -3.48. The number of nitrogens with one attached hydrogen (secondary N) is 2. The highest BCUT2D eigenvalue weighted by Crippen LogP contribution is 2.20. The first-order chi connectivity index (χ1) is 18.1. The maximum Gasteiger partial charge on any atom is 0.326 e. The zero-order valence-corrected chi connectivity index (χ0v) is 22.2. The first-order valence-electron chi connectivity index (χ1n) is 12.6. The molecule has 3 aromatic rings. The van der Waals surface area contributed by atoms with E-state index in [4.69, 9.17) is 0 Å². The molecule has 1 aliphatic heterocycles. The fraction of sp³-hybridized carbons (Fsp3) is 0.423. The van der Waals surface area contributed by atoms with Crippen LogP contribution in [0.25, 0.3) is 10.9 Å². The fourth-order valence-electron chi connectivity index (χ4n) is 4.70. The van der Waals surface area contributed by atoms with Gasteiger partial charge in [0.05, 0.1) is 17.7 Å². The lowest BCUT2D eigenvalue weighted by molar-refractivity contribution is -0.646. The van der Waals surface area contributed by atoms with E-state index >= 15 is 0 Å². The number of carbonyl (C=O) groups is 2. The van der Waals surface area contributed by atoms with Crippen molar-refractivity contribution in [2.75, 3.05) is 13.1 Å². The number of aliphatic hydroxyl groups is 1. The van der Waals surface area contributed by atoms with Crippen LogP contribution in [0.5, 0.6) is 0 Å². The Kier molecular flexibility index (Phi) is 8.34. The van der Waals surface area contributed by atoms with Crippen molar-refractivity contribution in [3.8, 4) is 0 Å². The highest BCUT2D eigenvalue weighted by molar-refractivity contribution is 7.88. The smallest absolute Gasteiger partial charge is 0.326 e. The van der Waals surface area contributed by atoms with E-state index in [1.54, 1.807) is 6.20 Å². The summed E-state index contributed by atoms with van der Waals surface area (Å²) < 4.78 is 28.9. The zero-order valence-electron chi connectivity index (χ0n) is 21.4. The van der Waals surface area contributed by atoms with Crippen molar-refractivity contribution in [3.63, 3.8) is 0 Å². The van der Waals surface area contributed by atoms with Crippen molar-refractivity contribution in [2.24, 2.45) is 5.92 Å². The summed E-state index contributed by atoms with van der Waals surface area (Å²) in [5.74, 6) is -0.360. The van der Waals surface area contributed by atoms with Gasteiger partial charge in [-0.25, -0.2) is 13.2 Å². The van der Waals surface area contributed by atoms with Gasteiger partial charge in [0.2, 0.25) is 5.91 Å². The van der Waals surface area contributed by atoms with Crippen molar-refractivity contribution in [2.45, 2.75) is 56.3 Å². The molecular weight excluding hydrogens is 510 g/mol. The molecule has 4 rings (SSSR count). The van der Waals surface area contributed by atoms with E-state index in [0.29, 0.717) is 24.8 Å². The Morgan fingerprint density at radius 3 is 2.63 bits per heavy atom. The van der Waals surface area contributed by atoms with Crippen molar-refractivity contribution < 1.29 is 27.8 Å². The summed E-state index contributed by atoms with van der Waals surface area (Å²) in [6.45, 7) is 3.69. The normalized spacial score (nSPS) is 19.7. The molecular formula is C26H33N5O6S. The summed E-state index contributed by atoms with van der Waals surface area (Å²) in [5, 5.41) is 29.0. The number of sulfonamides is 1. The van der Waals surface area contributed by atoms with E-state index in [0.717, 1.165) is 15.9 Å². The largest absolute Gasteiger partial charge is 0.618 e. The number of fused-ring (bicyclic) bond motifs is 1. The SMILES string of the molecule is CC(C)CC(NC(=O)n1ccc2ccccc21)C(=O)NC1CCCN(S(=O)(=O)c2cccc[n+]2[O-])C[C@@H]1O. The summed E-state index contributed by atoms with van der Waals surface area (Å²) in [6, 6.07) is 11.3. The van der Waals surface area contributed by atoms with E-state index in [1.807, 2.05) is 44.2 Å². The molecule has 11 nitrogen and oxygen atoms in total. The third-order valence-electron chi connectivity index (χ3n) is 6.64. The minimum atomic E-state index is -4.14. The Labute approximate surface area is 221 Å². The number of para-hydroxylation sites is 1. The molecule has 1 saturated heterocycles. The number of pyridine rings is 1. The lowest BCUT2D eigenvalue weighted by Gasteiger charge is -2.27. The van der Waals surface area contributed by atoms with Crippen molar-refractivity contribution in [3.05, 3.63) is 66.1 Å².